The second kappa shape index (κ2) is 8.24. The summed E-state index contributed by atoms with van der Waals surface area (Å²) in [5.74, 6) is -0.534. The number of aromatic nitrogens is 1. The van der Waals surface area contributed by atoms with Gasteiger partial charge in [0.2, 0.25) is 5.88 Å². The number of rotatable bonds is 7. The molecule has 0 saturated heterocycles. The Bertz CT molecular complexity index is 513. The maximum absolute atomic E-state index is 12.0. The van der Waals surface area contributed by atoms with Crippen molar-refractivity contribution < 1.29 is 23.8 Å². The molecule has 0 spiro atoms. The van der Waals surface area contributed by atoms with E-state index < -0.39 is 11.9 Å². The van der Waals surface area contributed by atoms with Crippen LogP contribution in [0, 0.1) is 0 Å². The summed E-state index contributed by atoms with van der Waals surface area (Å²) in [6.07, 6.45) is 0.560. The van der Waals surface area contributed by atoms with Gasteiger partial charge in [0.25, 0.3) is 0 Å². The normalized spacial score (nSPS) is 10.1. The molecule has 0 aliphatic rings. The van der Waals surface area contributed by atoms with E-state index in [0.29, 0.717) is 18.0 Å². The van der Waals surface area contributed by atoms with Crippen molar-refractivity contribution in [1.82, 2.24) is 4.98 Å². The van der Waals surface area contributed by atoms with Crippen LogP contribution in [0.5, 0.6) is 5.88 Å². The third kappa shape index (κ3) is 4.44. The molecule has 1 rings (SSSR count). The highest BCUT2D eigenvalue weighted by atomic mass is 16.5. The number of methoxy groups -OCH3 is 1. The van der Waals surface area contributed by atoms with E-state index in [2.05, 4.69) is 4.98 Å². The number of ether oxygens (including phenoxy) is 3. The van der Waals surface area contributed by atoms with Crippen LogP contribution in [0.4, 0.5) is 0 Å². The standard InChI is InChI=1S/C15H21NO5/c1-5-10-8-11(15(18)21-7-3)12(16-14(10)19-4)9-13(17)20-6-2/h8H,5-7,9H2,1-4H3. The summed E-state index contributed by atoms with van der Waals surface area (Å²) in [7, 11) is 1.50. The summed E-state index contributed by atoms with van der Waals surface area (Å²) in [6, 6.07) is 1.67. The first-order chi connectivity index (χ1) is 10.1. The van der Waals surface area contributed by atoms with E-state index in [1.165, 1.54) is 7.11 Å². The molecule has 0 fully saturated rings. The first-order valence-corrected chi connectivity index (χ1v) is 6.96. The lowest BCUT2D eigenvalue weighted by Gasteiger charge is -2.12. The van der Waals surface area contributed by atoms with Crippen molar-refractivity contribution in [2.75, 3.05) is 20.3 Å². The van der Waals surface area contributed by atoms with Gasteiger partial charge < -0.3 is 14.2 Å². The fraction of sp³-hybridized carbons (Fsp3) is 0.533. The lowest BCUT2D eigenvalue weighted by molar-refractivity contribution is -0.142. The molecule has 1 aromatic rings. The lowest BCUT2D eigenvalue weighted by atomic mass is 10.1. The maximum Gasteiger partial charge on any atom is 0.340 e. The highest BCUT2D eigenvalue weighted by molar-refractivity contribution is 5.92. The van der Waals surface area contributed by atoms with Gasteiger partial charge in [0.1, 0.15) is 0 Å². The topological polar surface area (TPSA) is 74.7 Å². The molecule has 0 bridgehead atoms. The van der Waals surface area contributed by atoms with Crippen molar-refractivity contribution in [3.63, 3.8) is 0 Å². The van der Waals surface area contributed by atoms with Gasteiger partial charge in [-0.1, -0.05) is 6.92 Å². The number of hydrogen-bond acceptors (Lipinski definition) is 6. The molecule has 1 aromatic heterocycles. The van der Waals surface area contributed by atoms with Gasteiger partial charge in [-0.25, -0.2) is 9.78 Å². The molecule has 21 heavy (non-hydrogen) atoms. The SMILES string of the molecule is CCOC(=O)Cc1nc(OC)c(CC)cc1C(=O)OCC. The Morgan fingerprint density at radius 1 is 1.14 bits per heavy atom. The van der Waals surface area contributed by atoms with Crippen LogP contribution < -0.4 is 4.74 Å². The zero-order valence-electron chi connectivity index (χ0n) is 12.9. The van der Waals surface area contributed by atoms with Crippen molar-refractivity contribution in [1.29, 1.82) is 0 Å². The minimum Gasteiger partial charge on any atom is -0.481 e. The summed E-state index contributed by atoms with van der Waals surface area (Å²) < 4.78 is 15.1. The van der Waals surface area contributed by atoms with Crippen LogP contribution >= 0.6 is 0 Å². The number of carbonyl (C=O) groups excluding carboxylic acids is 2. The van der Waals surface area contributed by atoms with E-state index in [-0.39, 0.29) is 25.2 Å². The van der Waals surface area contributed by atoms with E-state index in [9.17, 15) is 9.59 Å². The molecular weight excluding hydrogens is 274 g/mol. The first-order valence-electron chi connectivity index (χ1n) is 6.96. The maximum atomic E-state index is 12.0. The lowest BCUT2D eigenvalue weighted by Crippen LogP contribution is -2.16. The summed E-state index contributed by atoms with van der Waals surface area (Å²) in [4.78, 5) is 27.9. The Kier molecular flexibility index (Phi) is 6.65. The van der Waals surface area contributed by atoms with Crippen LogP contribution in [-0.2, 0) is 27.1 Å². The predicted octanol–water partition coefficient (Wildman–Crippen LogP) is 1.93. The van der Waals surface area contributed by atoms with E-state index >= 15 is 0 Å². The van der Waals surface area contributed by atoms with E-state index in [1.807, 2.05) is 6.92 Å². The molecule has 0 unspecified atom stereocenters. The predicted molar refractivity (Wildman–Crippen MR) is 76.5 cm³/mol. The van der Waals surface area contributed by atoms with Crippen LogP contribution in [-0.4, -0.2) is 37.2 Å². The van der Waals surface area contributed by atoms with Gasteiger partial charge >= 0.3 is 11.9 Å². The second-order valence-electron chi connectivity index (χ2n) is 4.21. The van der Waals surface area contributed by atoms with E-state index in [4.69, 9.17) is 14.2 Å². The summed E-state index contributed by atoms with van der Waals surface area (Å²) in [6.45, 7) is 5.90. The molecule has 0 aliphatic heterocycles. The Morgan fingerprint density at radius 2 is 1.81 bits per heavy atom. The van der Waals surface area contributed by atoms with Crippen LogP contribution in [0.3, 0.4) is 0 Å². The van der Waals surface area contributed by atoms with Gasteiger partial charge in [0.05, 0.1) is 38.0 Å². The minimum atomic E-state index is -0.498. The zero-order chi connectivity index (χ0) is 15.8. The van der Waals surface area contributed by atoms with Gasteiger partial charge in [-0.2, -0.15) is 0 Å². The van der Waals surface area contributed by atoms with Crippen molar-refractivity contribution in [3.8, 4) is 5.88 Å². The number of carbonyl (C=O) groups is 2. The average molecular weight is 295 g/mol. The first kappa shape index (κ1) is 16.9. The molecule has 0 saturated carbocycles. The van der Waals surface area contributed by atoms with Crippen molar-refractivity contribution >= 4 is 11.9 Å². The largest absolute Gasteiger partial charge is 0.481 e. The quantitative estimate of drug-likeness (QED) is 0.716. The minimum absolute atomic E-state index is 0.0949. The molecule has 1 heterocycles. The number of esters is 2. The summed E-state index contributed by atoms with van der Waals surface area (Å²) in [5, 5.41) is 0. The molecule has 0 amide bonds. The molecule has 6 heteroatoms. The number of nitrogens with zero attached hydrogens (tertiary/aromatic N) is 1. The molecular formula is C15H21NO5. The molecule has 0 N–H and O–H groups in total. The summed E-state index contributed by atoms with van der Waals surface area (Å²) >= 11 is 0. The number of pyridine rings is 1. The van der Waals surface area contributed by atoms with Gasteiger partial charge in [0, 0.05) is 5.56 Å². The fourth-order valence-corrected chi connectivity index (χ4v) is 1.87. The van der Waals surface area contributed by atoms with Crippen LogP contribution in [0.1, 0.15) is 42.4 Å². The molecule has 0 aliphatic carbocycles. The van der Waals surface area contributed by atoms with E-state index in [1.54, 1.807) is 19.9 Å². The van der Waals surface area contributed by atoms with Crippen molar-refractivity contribution in [2.24, 2.45) is 0 Å². The molecule has 0 atom stereocenters. The number of hydrogen-bond donors (Lipinski definition) is 0. The smallest absolute Gasteiger partial charge is 0.340 e. The Hall–Kier alpha value is -2.11. The Morgan fingerprint density at radius 3 is 2.33 bits per heavy atom. The van der Waals surface area contributed by atoms with Crippen LogP contribution in [0.25, 0.3) is 0 Å². The van der Waals surface area contributed by atoms with Gasteiger partial charge in [0.15, 0.2) is 0 Å². The van der Waals surface area contributed by atoms with Crippen LogP contribution in [0.15, 0.2) is 6.07 Å². The fourth-order valence-electron chi connectivity index (χ4n) is 1.87. The molecule has 116 valence electrons. The average Bonchev–Trinajstić information content (AvgIpc) is 2.47. The van der Waals surface area contributed by atoms with E-state index in [0.717, 1.165) is 5.56 Å². The molecule has 0 aromatic carbocycles. The molecule has 6 nitrogen and oxygen atoms in total. The number of aryl methyl sites for hydroxylation is 1. The van der Waals surface area contributed by atoms with Crippen molar-refractivity contribution in [2.45, 2.75) is 33.6 Å². The highest BCUT2D eigenvalue weighted by Crippen LogP contribution is 2.22. The Balaban J connectivity index is 3.22. The molecule has 0 radical (unpaired) electrons. The monoisotopic (exact) mass is 295 g/mol. The highest BCUT2D eigenvalue weighted by Gasteiger charge is 2.20. The van der Waals surface area contributed by atoms with Crippen LogP contribution in [0.2, 0.25) is 0 Å². The second-order valence-corrected chi connectivity index (χ2v) is 4.21. The van der Waals surface area contributed by atoms with Crippen molar-refractivity contribution in [3.05, 3.63) is 22.9 Å². The Labute approximate surface area is 124 Å². The zero-order valence-corrected chi connectivity index (χ0v) is 12.9. The summed E-state index contributed by atoms with van der Waals surface area (Å²) in [5.41, 5.74) is 1.37. The van der Waals surface area contributed by atoms with Gasteiger partial charge in [-0.3, -0.25) is 4.79 Å². The van der Waals surface area contributed by atoms with Gasteiger partial charge in [-0.15, -0.1) is 0 Å². The van der Waals surface area contributed by atoms with Gasteiger partial charge in [-0.05, 0) is 26.3 Å². The third-order valence-electron chi connectivity index (χ3n) is 2.83. The third-order valence-corrected chi connectivity index (χ3v) is 2.83.